The summed E-state index contributed by atoms with van der Waals surface area (Å²) in [6.45, 7) is 0. The highest BCUT2D eigenvalue weighted by molar-refractivity contribution is 14.1. The molecule has 1 aromatic rings. The van der Waals surface area contributed by atoms with Gasteiger partial charge in [-0.2, -0.15) is 0 Å². The Kier molecular flexibility index (Phi) is 2.70. The van der Waals surface area contributed by atoms with E-state index in [0.29, 0.717) is 4.88 Å². The van der Waals surface area contributed by atoms with Crippen molar-refractivity contribution in [2.75, 3.05) is 0 Å². The molecule has 54 valence electrons. The van der Waals surface area contributed by atoms with Crippen LogP contribution in [0.5, 0.6) is 0 Å². The van der Waals surface area contributed by atoms with Crippen LogP contribution in [0.1, 0.15) is 9.67 Å². The van der Waals surface area contributed by atoms with Gasteiger partial charge in [-0.1, -0.05) is 0 Å². The van der Waals surface area contributed by atoms with Crippen molar-refractivity contribution in [2.45, 2.75) is 0 Å². The van der Waals surface area contributed by atoms with Crippen molar-refractivity contribution in [2.24, 2.45) is 0 Å². The van der Waals surface area contributed by atoms with Crippen molar-refractivity contribution in [3.63, 3.8) is 0 Å². The first-order chi connectivity index (χ1) is 4.61. The molecule has 0 radical (unpaired) electrons. The Morgan fingerprint density at radius 2 is 2.40 bits per heavy atom. The fourth-order valence-corrected chi connectivity index (χ4v) is 3.33. The minimum absolute atomic E-state index is 0.396. The second-order valence-electron chi connectivity index (χ2n) is 1.53. The molecular formula is C5H2BrIO2S. The predicted molar refractivity (Wildman–Crippen MR) is 51.7 cm³/mol. The zero-order valence-corrected chi connectivity index (χ0v) is 9.16. The van der Waals surface area contributed by atoms with Crippen LogP contribution in [0.4, 0.5) is 0 Å². The Hall–Kier alpha value is 0.380. The van der Waals surface area contributed by atoms with Crippen molar-refractivity contribution in [3.05, 3.63) is 18.3 Å². The van der Waals surface area contributed by atoms with Crippen LogP contribution < -0.4 is 0 Å². The molecule has 5 heteroatoms. The molecule has 1 N–H and O–H groups in total. The fraction of sp³-hybridized carbons (Fsp3) is 0. The summed E-state index contributed by atoms with van der Waals surface area (Å²) in [5, 5.41) is 8.56. The third-order valence-corrected chi connectivity index (χ3v) is 3.69. The molecule has 0 saturated carbocycles. The summed E-state index contributed by atoms with van der Waals surface area (Å²) in [4.78, 5) is 10.8. The first-order valence-electron chi connectivity index (χ1n) is 2.29. The smallest absolute Gasteiger partial charge is 0.347 e. The van der Waals surface area contributed by atoms with Crippen LogP contribution in [-0.4, -0.2) is 11.1 Å². The van der Waals surface area contributed by atoms with Crippen molar-refractivity contribution in [3.8, 4) is 0 Å². The van der Waals surface area contributed by atoms with Gasteiger partial charge in [-0.15, -0.1) is 11.3 Å². The maximum atomic E-state index is 10.4. The predicted octanol–water partition coefficient (Wildman–Crippen LogP) is 2.81. The lowest BCUT2D eigenvalue weighted by Crippen LogP contribution is -1.92. The summed E-state index contributed by atoms with van der Waals surface area (Å²) in [5.41, 5.74) is 0. The number of rotatable bonds is 1. The number of hydrogen-bond donors (Lipinski definition) is 1. The molecule has 0 unspecified atom stereocenters. The summed E-state index contributed by atoms with van der Waals surface area (Å²) in [5.74, 6) is -0.861. The van der Waals surface area contributed by atoms with Crippen molar-refractivity contribution in [1.29, 1.82) is 0 Å². The molecule has 2 nitrogen and oxygen atoms in total. The van der Waals surface area contributed by atoms with E-state index < -0.39 is 5.97 Å². The average molecular weight is 333 g/mol. The normalized spacial score (nSPS) is 9.80. The minimum Gasteiger partial charge on any atom is -0.477 e. The topological polar surface area (TPSA) is 37.3 Å². The van der Waals surface area contributed by atoms with Gasteiger partial charge < -0.3 is 5.11 Å². The highest BCUT2D eigenvalue weighted by atomic mass is 127. The van der Waals surface area contributed by atoms with Crippen LogP contribution in [0.2, 0.25) is 0 Å². The average Bonchev–Trinajstić information content (AvgIpc) is 2.10. The molecule has 0 aliphatic rings. The number of carboxylic acids is 1. The largest absolute Gasteiger partial charge is 0.477 e. The van der Waals surface area contributed by atoms with E-state index in [4.69, 9.17) is 5.11 Å². The first kappa shape index (κ1) is 8.48. The molecule has 1 rings (SSSR count). The minimum atomic E-state index is -0.861. The molecule has 0 fully saturated rings. The molecule has 10 heavy (non-hydrogen) atoms. The molecule has 0 amide bonds. The lowest BCUT2D eigenvalue weighted by molar-refractivity contribution is 0.0701. The van der Waals surface area contributed by atoms with Gasteiger partial charge in [0, 0.05) is 3.57 Å². The molecule has 0 bridgehead atoms. The van der Waals surface area contributed by atoms with Crippen molar-refractivity contribution < 1.29 is 9.90 Å². The second kappa shape index (κ2) is 3.19. The first-order valence-corrected chi connectivity index (χ1v) is 4.98. The number of carboxylic acid groups (broad SMARTS) is 1. The second-order valence-corrected chi connectivity index (χ2v) is 5.13. The van der Waals surface area contributed by atoms with Gasteiger partial charge in [0.1, 0.15) is 4.88 Å². The molecule has 0 spiro atoms. The van der Waals surface area contributed by atoms with E-state index in [0.717, 1.165) is 7.36 Å². The Labute approximate surface area is 83.5 Å². The van der Waals surface area contributed by atoms with Gasteiger partial charge >= 0.3 is 5.97 Å². The Morgan fingerprint density at radius 1 is 1.80 bits per heavy atom. The monoisotopic (exact) mass is 332 g/mol. The highest BCUT2D eigenvalue weighted by Crippen LogP contribution is 2.27. The number of halogens is 2. The lowest BCUT2D eigenvalue weighted by atomic mass is 10.5. The SMILES string of the molecule is O=C(O)c1sc(Br)cc1I. The summed E-state index contributed by atoms with van der Waals surface area (Å²) >= 11 is 6.43. The third kappa shape index (κ3) is 1.70. The maximum absolute atomic E-state index is 10.4. The molecule has 0 aliphatic heterocycles. The molecule has 0 aromatic carbocycles. The third-order valence-electron chi connectivity index (χ3n) is 0.851. The van der Waals surface area contributed by atoms with Gasteiger partial charge in [0.2, 0.25) is 0 Å². The van der Waals surface area contributed by atoms with E-state index in [2.05, 4.69) is 15.9 Å². The molecular weight excluding hydrogens is 331 g/mol. The zero-order chi connectivity index (χ0) is 7.72. The van der Waals surface area contributed by atoms with E-state index in [1.54, 1.807) is 6.07 Å². The van der Waals surface area contributed by atoms with E-state index in [-0.39, 0.29) is 0 Å². The standard InChI is InChI=1S/C5H2BrIO2S/c6-3-1-2(7)4(10-3)5(8)9/h1H,(H,8,9). The molecule has 0 aliphatic carbocycles. The van der Waals surface area contributed by atoms with Gasteiger partial charge in [0.25, 0.3) is 0 Å². The van der Waals surface area contributed by atoms with E-state index >= 15 is 0 Å². The van der Waals surface area contributed by atoms with Crippen molar-refractivity contribution >= 4 is 55.8 Å². The van der Waals surface area contributed by atoms with Gasteiger partial charge in [-0.3, -0.25) is 0 Å². The van der Waals surface area contributed by atoms with Gasteiger partial charge in [0.05, 0.1) is 3.79 Å². The highest BCUT2D eigenvalue weighted by Gasteiger charge is 2.11. The van der Waals surface area contributed by atoms with Crippen LogP contribution in [0.3, 0.4) is 0 Å². The quantitative estimate of drug-likeness (QED) is 0.803. The summed E-state index contributed by atoms with van der Waals surface area (Å²) in [7, 11) is 0. The van der Waals surface area contributed by atoms with Gasteiger partial charge in [0.15, 0.2) is 0 Å². The van der Waals surface area contributed by atoms with E-state index in [1.165, 1.54) is 11.3 Å². The van der Waals surface area contributed by atoms with Crippen LogP contribution in [-0.2, 0) is 0 Å². The van der Waals surface area contributed by atoms with Crippen molar-refractivity contribution in [1.82, 2.24) is 0 Å². The summed E-state index contributed by atoms with van der Waals surface area (Å²) < 4.78 is 1.64. The number of aromatic carboxylic acids is 1. The van der Waals surface area contributed by atoms with Crippen LogP contribution in [0, 0.1) is 3.57 Å². The fourth-order valence-electron chi connectivity index (χ4n) is 0.487. The Morgan fingerprint density at radius 3 is 2.60 bits per heavy atom. The number of carbonyl (C=O) groups is 1. The van der Waals surface area contributed by atoms with Crippen LogP contribution >= 0.6 is 49.9 Å². The van der Waals surface area contributed by atoms with Gasteiger partial charge in [-0.25, -0.2) is 4.79 Å². The molecule has 0 saturated heterocycles. The van der Waals surface area contributed by atoms with Gasteiger partial charge in [-0.05, 0) is 44.6 Å². The lowest BCUT2D eigenvalue weighted by Gasteiger charge is -1.84. The maximum Gasteiger partial charge on any atom is 0.347 e. The number of thiophene rings is 1. The number of hydrogen-bond acceptors (Lipinski definition) is 2. The van der Waals surface area contributed by atoms with E-state index in [9.17, 15) is 4.79 Å². The molecule has 1 aromatic heterocycles. The van der Waals surface area contributed by atoms with Crippen LogP contribution in [0.25, 0.3) is 0 Å². The summed E-state index contributed by atoms with van der Waals surface area (Å²) in [6.07, 6.45) is 0. The van der Waals surface area contributed by atoms with E-state index in [1.807, 2.05) is 22.6 Å². The Balaban J connectivity index is 3.15. The zero-order valence-electron chi connectivity index (χ0n) is 4.60. The molecule has 0 atom stereocenters. The Bertz CT molecular complexity index is 271. The molecule has 1 heterocycles. The summed E-state index contributed by atoms with van der Waals surface area (Å²) in [6, 6.07) is 1.79. The van der Waals surface area contributed by atoms with Crippen LogP contribution in [0.15, 0.2) is 9.85 Å².